The lowest BCUT2D eigenvalue weighted by atomic mass is 10.3. The highest BCUT2D eigenvalue weighted by atomic mass is 79.9. The van der Waals surface area contributed by atoms with E-state index < -0.39 is 0 Å². The molecule has 0 aromatic carbocycles. The van der Waals surface area contributed by atoms with Crippen molar-refractivity contribution in [1.29, 1.82) is 0 Å². The van der Waals surface area contributed by atoms with Crippen molar-refractivity contribution in [2.24, 2.45) is 0 Å². The quantitative estimate of drug-likeness (QED) is 0.556. The topological polar surface area (TPSA) is 17.8 Å². The summed E-state index contributed by atoms with van der Waals surface area (Å²) >= 11 is 3.44. The molecule has 13 heavy (non-hydrogen) atoms. The number of nitrogens with zero attached hydrogens (tertiary/aromatic N) is 2. The first-order valence-electron chi connectivity index (χ1n) is 4.94. The Morgan fingerprint density at radius 3 is 3.00 bits per heavy atom. The summed E-state index contributed by atoms with van der Waals surface area (Å²) in [5.74, 6) is 1.23. The molecule has 0 fully saturated rings. The average Bonchev–Trinajstić information content (AvgIpc) is 2.54. The molecule has 0 aliphatic carbocycles. The number of aromatic nitrogens is 2. The van der Waals surface area contributed by atoms with E-state index in [2.05, 4.69) is 38.6 Å². The third-order valence-electron chi connectivity index (χ3n) is 2.06. The average molecular weight is 245 g/mol. The van der Waals surface area contributed by atoms with E-state index in [0.29, 0.717) is 0 Å². The standard InChI is InChI=1S/C10H17BrN2/c1-2-5-10-12-7-9-13(10)8-4-3-6-11/h7,9H,2-6,8H2,1H3. The molecule has 2 nitrogen and oxygen atoms in total. The minimum Gasteiger partial charge on any atom is -0.335 e. The van der Waals surface area contributed by atoms with Crippen LogP contribution in [0.4, 0.5) is 0 Å². The number of hydrogen-bond acceptors (Lipinski definition) is 1. The molecule has 74 valence electrons. The second-order valence-corrected chi connectivity index (χ2v) is 3.98. The van der Waals surface area contributed by atoms with Gasteiger partial charge in [0.2, 0.25) is 0 Å². The molecule has 0 unspecified atom stereocenters. The Labute approximate surface area is 88.5 Å². The zero-order valence-electron chi connectivity index (χ0n) is 8.17. The highest BCUT2D eigenvalue weighted by Crippen LogP contribution is 2.04. The van der Waals surface area contributed by atoms with Gasteiger partial charge in [0.25, 0.3) is 0 Å². The van der Waals surface area contributed by atoms with Crippen LogP contribution in [0.2, 0.25) is 0 Å². The van der Waals surface area contributed by atoms with Crippen molar-refractivity contribution >= 4 is 15.9 Å². The van der Waals surface area contributed by atoms with Gasteiger partial charge in [0.1, 0.15) is 5.82 Å². The fourth-order valence-corrected chi connectivity index (χ4v) is 1.77. The number of unbranched alkanes of at least 4 members (excludes halogenated alkanes) is 1. The van der Waals surface area contributed by atoms with Crippen molar-refractivity contribution in [2.75, 3.05) is 5.33 Å². The summed E-state index contributed by atoms with van der Waals surface area (Å²) in [6.45, 7) is 3.30. The number of aryl methyl sites for hydroxylation is 2. The maximum atomic E-state index is 4.34. The van der Waals surface area contributed by atoms with Gasteiger partial charge in [-0.05, 0) is 19.3 Å². The lowest BCUT2D eigenvalue weighted by Gasteiger charge is -2.05. The molecule has 0 amide bonds. The van der Waals surface area contributed by atoms with Crippen molar-refractivity contribution < 1.29 is 0 Å². The van der Waals surface area contributed by atoms with E-state index in [4.69, 9.17) is 0 Å². The lowest BCUT2D eigenvalue weighted by molar-refractivity contribution is 0.601. The predicted molar refractivity (Wildman–Crippen MR) is 59.3 cm³/mol. The second kappa shape index (κ2) is 6.19. The number of imidazole rings is 1. The van der Waals surface area contributed by atoms with Gasteiger partial charge in [-0.1, -0.05) is 22.9 Å². The van der Waals surface area contributed by atoms with Crippen LogP contribution in [0.15, 0.2) is 12.4 Å². The molecule has 0 saturated heterocycles. The zero-order valence-corrected chi connectivity index (χ0v) is 9.76. The van der Waals surface area contributed by atoms with Crippen LogP contribution in [0.1, 0.15) is 32.0 Å². The molecule has 0 bridgehead atoms. The summed E-state index contributed by atoms with van der Waals surface area (Å²) in [6, 6.07) is 0. The molecule has 0 spiro atoms. The highest BCUT2D eigenvalue weighted by molar-refractivity contribution is 9.09. The molecule has 0 atom stereocenters. The minimum absolute atomic E-state index is 1.10. The van der Waals surface area contributed by atoms with Crippen LogP contribution in [0.25, 0.3) is 0 Å². The Hall–Kier alpha value is -0.310. The number of halogens is 1. The zero-order chi connectivity index (χ0) is 9.52. The Kier molecular flexibility index (Phi) is 5.13. The number of alkyl halides is 1. The first-order chi connectivity index (χ1) is 6.38. The molecule has 1 aromatic rings. The molecular formula is C10H17BrN2. The maximum Gasteiger partial charge on any atom is 0.108 e. The van der Waals surface area contributed by atoms with Crippen LogP contribution < -0.4 is 0 Å². The summed E-state index contributed by atoms with van der Waals surface area (Å²) in [6.07, 6.45) is 8.73. The minimum atomic E-state index is 1.10. The van der Waals surface area contributed by atoms with E-state index in [0.717, 1.165) is 18.3 Å². The molecule has 1 heterocycles. The molecule has 3 heteroatoms. The van der Waals surface area contributed by atoms with Crippen molar-refractivity contribution in [3.8, 4) is 0 Å². The van der Waals surface area contributed by atoms with Gasteiger partial charge in [-0.15, -0.1) is 0 Å². The normalized spacial score (nSPS) is 10.6. The first-order valence-corrected chi connectivity index (χ1v) is 6.06. The molecule has 0 aliphatic heterocycles. The smallest absolute Gasteiger partial charge is 0.108 e. The molecule has 0 radical (unpaired) electrons. The number of hydrogen-bond donors (Lipinski definition) is 0. The van der Waals surface area contributed by atoms with Crippen LogP contribution in [0, 0.1) is 0 Å². The Bertz CT molecular complexity index is 233. The summed E-state index contributed by atoms with van der Waals surface area (Å²) in [4.78, 5) is 4.34. The predicted octanol–water partition coefficient (Wildman–Crippen LogP) is 3.01. The fourth-order valence-electron chi connectivity index (χ4n) is 1.37. The van der Waals surface area contributed by atoms with Crippen molar-refractivity contribution in [2.45, 2.75) is 39.2 Å². The second-order valence-electron chi connectivity index (χ2n) is 3.18. The van der Waals surface area contributed by atoms with Crippen LogP contribution in [-0.4, -0.2) is 14.9 Å². The van der Waals surface area contributed by atoms with Gasteiger partial charge in [0.05, 0.1) is 0 Å². The summed E-state index contributed by atoms with van der Waals surface area (Å²) in [5, 5.41) is 1.10. The SMILES string of the molecule is CCCc1nccn1CCCCBr. The van der Waals surface area contributed by atoms with Gasteiger partial charge in [-0.25, -0.2) is 4.98 Å². The van der Waals surface area contributed by atoms with Crippen LogP contribution in [0.3, 0.4) is 0 Å². The van der Waals surface area contributed by atoms with E-state index in [9.17, 15) is 0 Å². The summed E-state index contributed by atoms with van der Waals surface area (Å²) < 4.78 is 2.27. The van der Waals surface area contributed by atoms with Crippen LogP contribution in [-0.2, 0) is 13.0 Å². The van der Waals surface area contributed by atoms with Gasteiger partial charge in [-0.3, -0.25) is 0 Å². The van der Waals surface area contributed by atoms with Gasteiger partial charge in [-0.2, -0.15) is 0 Å². The van der Waals surface area contributed by atoms with Gasteiger partial charge >= 0.3 is 0 Å². The highest BCUT2D eigenvalue weighted by Gasteiger charge is 1.99. The molecule has 0 saturated carbocycles. The third kappa shape index (κ3) is 3.51. The molecule has 1 aromatic heterocycles. The third-order valence-corrected chi connectivity index (χ3v) is 2.62. The van der Waals surface area contributed by atoms with Crippen molar-refractivity contribution in [3.05, 3.63) is 18.2 Å². The van der Waals surface area contributed by atoms with Crippen molar-refractivity contribution in [3.63, 3.8) is 0 Å². The van der Waals surface area contributed by atoms with Gasteiger partial charge in [0, 0.05) is 30.7 Å². The maximum absolute atomic E-state index is 4.34. The molecule has 0 N–H and O–H groups in total. The fraction of sp³-hybridized carbons (Fsp3) is 0.700. The largest absolute Gasteiger partial charge is 0.335 e. The van der Waals surface area contributed by atoms with E-state index in [-0.39, 0.29) is 0 Å². The Morgan fingerprint density at radius 1 is 1.46 bits per heavy atom. The van der Waals surface area contributed by atoms with Gasteiger partial charge in [0.15, 0.2) is 0 Å². The summed E-state index contributed by atoms with van der Waals surface area (Å²) in [5.41, 5.74) is 0. The first kappa shape index (κ1) is 10.8. The molecule has 0 aliphatic rings. The summed E-state index contributed by atoms with van der Waals surface area (Å²) in [7, 11) is 0. The molecular weight excluding hydrogens is 228 g/mol. The van der Waals surface area contributed by atoms with Crippen molar-refractivity contribution in [1.82, 2.24) is 9.55 Å². The van der Waals surface area contributed by atoms with E-state index >= 15 is 0 Å². The number of rotatable bonds is 6. The monoisotopic (exact) mass is 244 g/mol. The Morgan fingerprint density at radius 2 is 2.31 bits per heavy atom. The Balaban J connectivity index is 2.40. The van der Waals surface area contributed by atoms with E-state index in [1.165, 1.54) is 25.1 Å². The van der Waals surface area contributed by atoms with Crippen LogP contribution in [0.5, 0.6) is 0 Å². The molecule has 1 rings (SSSR count). The van der Waals surface area contributed by atoms with Crippen LogP contribution >= 0.6 is 15.9 Å². The van der Waals surface area contributed by atoms with E-state index in [1.54, 1.807) is 0 Å². The van der Waals surface area contributed by atoms with Gasteiger partial charge < -0.3 is 4.57 Å². The lowest BCUT2D eigenvalue weighted by Crippen LogP contribution is -2.03. The van der Waals surface area contributed by atoms with E-state index in [1.807, 2.05) is 6.20 Å².